The van der Waals surface area contributed by atoms with E-state index in [2.05, 4.69) is 39.4 Å². The second-order valence-electron chi connectivity index (χ2n) is 6.13. The van der Waals surface area contributed by atoms with Crippen molar-refractivity contribution >= 4 is 0 Å². The first-order valence-corrected chi connectivity index (χ1v) is 8.14. The minimum atomic E-state index is -0.343. The van der Waals surface area contributed by atoms with Crippen molar-refractivity contribution in [1.29, 1.82) is 0 Å². The highest BCUT2D eigenvalue weighted by molar-refractivity contribution is 5.53. The lowest BCUT2D eigenvalue weighted by Gasteiger charge is -2.14. The molecule has 2 aromatic carbocycles. The molecule has 0 N–H and O–H groups in total. The quantitative estimate of drug-likeness (QED) is 0.731. The molecule has 1 fully saturated rings. The number of hydrogen-bond acceptors (Lipinski definition) is 4. The molecule has 0 aliphatic carbocycles. The molecule has 1 aliphatic rings. The van der Waals surface area contributed by atoms with Crippen LogP contribution in [0.3, 0.4) is 0 Å². The second kappa shape index (κ2) is 6.53. The van der Waals surface area contributed by atoms with Crippen molar-refractivity contribution in [3.05, 3.63) is 71.9 Å². The summed E-state index contributed by atoms with van der Waals surface area (Å²) in [6, 6.07) is 16.9. The van der Waals surface area contributed by atoms with Gasteiger partial charge < -0.3 is 4.42 Å². The zero-order chi connectivity index (χ0) is 16.4. The minimum absolute atomic E-state index is 0.210. The molecule has 1 aromatic heterocycles. The van der Waals surface area contributed by atoms with E-state index in [0.29, 0.717) is 11.5 Å². The second-order valence-corrected chi connectivity index (χ2v) is 6.13. The van der Waals surface area contributed by atoms with Crippen LogP contribution in [-0.4, -0.2) is 28.2 Å². The van der Waals surface area contributed by atoms with E-state index in [1.54, 1.807) is 18.2 Å². The van der Waals surface area contributed by atoms with Gasteiger partial charge in [0, 0.05) is 13.1 Å². The van der Waals surface area contributed by atoms with E-state index < -0.39 is 0 Å². The first kappa shape index (κ1) is 15.0. The lowest BCUT2D eigenvalue weighted by Crippen LogP contribution is -2.19. The molecule has 1 aliphatic heterocycles. The third-order valence-electron chi connectivity index (χ3n) is 4.42. The van der Waals surface area contributed by atoms with Gasteiger partial charge in [0.15, 0.2) is 0 Å². The average molecular weight is 323 g/mol. The molecule has 3 aromatic rings. The molecule has 5 heteroatoms. The maximum Gasteiger partial charge on any atom is 0.250 e. The van der Waals surface area contributed by atoms with Gasteiger partial charge in [0.05, 0.1) is 11.5 Å². The van der Waals surface area contributed by atoms with Gasteiger partial charge in [-0.2, -0.15) is 0 Å². The minimum Gasteiger partial charge on any atom is -0.420 e. The summed E-state index contributed by atoms with van der Waals surface area (Å²) < 4.78 is 19.6. The van der Waals surface area contributed by atoms with Crippen LogP contribution < -0.4 is 0 Å². The number of halogens is 1. The molecule has 1 saturated heterocycles. The first-order chi connectivity index (χ1) is 11.8. The van der Waals surface area contributed by atoms with Crippen molar-refractivity contribution in [3.8, 4) is 11.5 Å². The standard InChI is InChI=1S/C19H18FN3O/c20-17-9-5-4-8-16(17)19-22-21-18(24-19)15-10-11-23(13-15)12-14-6-2-1-3-7-14/h1-9,15H,10-13H2/t15-/m0/s1. The third kappa shape index (κ3) is 3.08. The van der Waals surface area contributed by atoms with Crippen LogP contribution in [0.15, 0.2) is 59.0 Å². The van der Waals surface area contributed by atoms with E-state index in [-0.39, 0.29) is 17.6 Å². The predicted molar refractivity (Wildman–Crippen MR) is 88.8 cm³/mol. The van der Waals surface area contributed by atoms with Gasteiger partial charge in [0.2, 0.25) is 5.89 Å². The molecule has 0 amide bonds. The van der Waals surface area contributed by atoms with Gasteiger partial charge in [-0.25, -0.2) is 4.39 Å². The number of rotatable bonds is 4. The highest BCUT2D eigenvalue weighted by Crippen LogP contribution is 2.30. The van der Waals surface area contributed by atoms with E-state index in [9.17, 15) is 4.39 Å². The molecule has 4 rings (SSSR count). The van der Waals surface area contributed by atoms with Crippen molar-refractivity contribution in [1.82, 2.24) is 15.1 Å². The Balaban J connectivity index is 1.45. The van der Waals surface area contributed by atoms with E-state index in [1.807, 2.05) is 6.07 Å². The molecule has 0 bridgehead atoms. The van der Waals surface area contributed by atoms with Crippen LogP contribution >= 0.6 is 0 Å². The van der Waals surface area contributed by atoms with Crippen molar-refractivity contribution < 1.29 is 8.81 Å². The summed E-state index contributed by atoms with van der Waals surface area (Å²) in [6.07, 6.45) is 0.978. The van der Waals surface area contributed by atoms with E-state index in [0.717, 1.165) is 26.1 Å². The monoisotopic (exact) mass is 323 g/mol. The van der Waals surface area contributed by atoms with Gasteiger partial charge in [0.1, 0.15) is 5.82 Å². The van der Waals surface area contributed by atoms with Crippen molar-refractivity contribution in [3.63, 3.8) is 0 Å². The number of aromatic nitrogens is 2. The Bertz CT molecular complexity index is 818. The fraction of sp³-hybridized carbons (Fsp3) is 0.263. The topological polar surface area (TPSA) is 42.2 Å². The maximum absolute atomic E-state index is 13.8. The van der Waals surface area contributed by atoms with Gasteiger partial charge in [-0.3, -0.25) is 4.90 Å². The molecular weight excluding hydrogens is 305 g/mol. The zero-order valence-corrected chi connectivity index (χ0v) is 13.2. The first-order valence-electron chi connectivity index (χ1n) is 8.14. The molecule has 24 heavy (non-hydrogen) atoms. The SMILES string of the molecule is Fc1ccccc1-c1nnc([C@H]2CCN(Cc3ccccc3)C2)o1. The van der Waals surface area contributed by atoms with Gasteiger partial charge >= 0.3 is 0 Å². The molecule has 4 nitrogen and oxygen atoms in total. The molecule has 0 radical (unpaired) electrons. The number of likely N-dealkylation sites (tertiary alicyclic amines) is 1. The third-order valence-corrected chi connectivity index (χ3v) is 4.42. The van der Waals surface area contributed by atoms with Crippen LogP contribution in [0.5, 0.6) is 0 Å². The van der Waals surface area contributed by atoms with E-state index in [4.69, 9.17) is 4.42 Å². The Morgan fingerprint density at radius 3 is 2.67 bits per heavy atom. The highest BCUT2D eigenvalue weighted by Gasteiger charge is 2.28. The Kier molecular flexibility index (Phi) is 4.09. The van der Waals surface area contributed by atoms with Crippen molar-refractivity contribution in [2.24, 2.45) is 0 Å². The van der Waals surface area contributed by atoms with E-state index in [1.165, 1.54) is 11.6 Å². The van der Waals surface area contributed by atoms with Crippen LogP contribution in [0.2, 0.25) is 0 Å². The Morgan fingerprint density at radius 2 is 1.83 bits per heavy atom. The van der Waals surface area contributed by atoms with Gasteiger partial charge in [-0.05, 0) is 30.7 Å². The normalized spacial score (nSPS) is 18.1. The largest absolute Gasteiger partial charge is 0.420 e. The molecular formula is C19H18FN3O. The molecule has 0 saturated carbocycles. The summed E-state index contributed by atoms with van der Waals surface area (Å²) in [7, 11) is 0. The predicted octanol–water partition coefficient (Wildman–Crippen LogP) is 3.87. The fourth-order valence-electron chi connectivity index (χ4n) is 3.16. The Labute approximate surface area is 139 Å². The Hall–Kier alpha value is -2.53. The van der Waals surface area contributed by atoms with Crippen LogP contribution in [0, 0.1) is 5.82 Å². The molecule has 1 atom stereocenters. The van der Waals surface area contributed by atoms with E-state index >= 15 is 0 Å². The molecule has 0 unspecified atom stereocenters. The highest BCUT2D eigenvalue weighted by atomic mass is 19.1. The van der Waals surface area contributed by atoms with Gasteiger partial charge in [-0.15, -0.1) is 10.2 Å². The number of hydrogen-bond donors (Lipinski definition) is 0. The fourth-order valence-corrected chi connectivity index (χ4v) is 3.16. The van der Waals surface area contributed by atoms with Gasteiger partial charge in [0.25, 0.3) is 5.89 Å². The summed E-state index contributed by atoms with van der Waals surface area (Å²) in [5.41, 5.74) is 1.66. The smallest absolute Gasteiger partial charge is 0.250 e. The lowest BCUT2D eigenvalue weighted by molar-refractivity contribution is 0.320. The average Bonchev–Trinajstić information content (AvgIpc) is 3.25. The van der Waals surface area contributed by atoms with Gasteiger partial charge in [-0.1, -0.05) is 42.5 Å². The Morgan fingerprint density at radius 1 is 1.04 bits per heavy atom. The maximum atomic E-state index is 13.8. The zero-order valence-electron chi connectivity index (χ0n) is 13.2. The summed E-state index contributed by atoms with van der Waals surface area (Å²) in [5.74, 6) is 0.722. The molecule has 2 heterocycles. The van der Waals surface area contributed by atoms with Crippen LogP contribution in [-0.2, 0) is 6.54 Å². The van der Waals surface area contributed by atoms with Crippen LogP contribution in [0.4, 0.5) is 4.39 Å². The molecule has 0 spiro atoms. The lowest BCUT2D eigenvalue weighted by atomic mass is 10.1. The summed E-state index contributed by atoms with van der Waals surface area (Å²) in [6.45, 7) is 2.80. The summed E-state index contributed by atoms with van der Waals surface area (Å²) >= 11 is 0. The van der Waals surface area contributed by atoms with Crippen LogP contribution in [0.25, 0.3) is 11.5 Å². The number of benzene rings is 2. The van der Waals surface area contributed by atoms with Crippen LogP contribution in [0.1, 0.15) is 23.8 Å². The number of nitrogens with zero attached hydrogens (tertiary/aromatic N) is 3. The molecule has 122 valence electrons. The summed E-state index contributed by atoms with van der Waals surface area (Å²) in [4.78, 5) is 2.38. The van der Waals surface area contributed by atoms with Crippen molar-refractivity contribution in [2.45, 2.75) is 18.9 Å². The summed E-state index contributed by atoms with van der Waals surface area (Å²) in [5, 5.41) is 8.17. The van der Waals surface area contributed by atoms with Crippen molar-refractivity contribution in [2.75, 3.05) is 13.1 Å².